The number of hydrogen-bond acceptors (Lipinski definition) is 7. The molecule has 1 aromatic carbocycles. The highest BCUT2D eigenvalue weighted by molar-refractivity contribution is 7.13. The van der Waals surface area contributed by atoms with Crippen molar-refractivity contribution in [2.75, 3.05) is 27.9 Å². The second-order valence-electron chi connectivity index (χ2n) is 6.80. The van der Waals surface area contributed by atoms with Gasteiger partial charge < -0.3 is 19.2 Å². The van der Waals surface area contributed by atoms with E-state index in [1.165, 1.54) is 0 Å². The van der Waals surface area contributed by atoms with Gasteiger partial charge in [-0.3, -0.25) is 9.69 Å². The van der Waals surface area contributed by atoms with Crippen molar-refractivity contribution >= 4 is 11.3 Å². The van der Waals surface area contributed by atoms with Gasteiger partial charge in [-0.2, -0.15) is 0 Å². The quantitative estimate of drug-likeness (QED) is 0.669. The van der Waals surface area contributed by atoms with Crippen LogP contribution in [0, 0.1) is 0 Å². The lowest BCUT2D eigenvalue weighted by molar-refractivity contribution is 0.236. The van der Waals surface area contributed by atoms with Crippen LogP contribution in [0.25, 0.3) is 10.7 Å². The third-order valence-corrected chi connectivity index (χ3v) is 5.96. The largest absolute Gasteiger partial charge is 0.496 e. The minimum absolute atomic E-state index is 0.0400. The van der Waals surface area contributed by atoms with Crippen LogP contribution in [0.1, 0.15) is 16.8 Å². The fourth-order valence-electron chi connectivity index (χ4n) is 3.62. The van der Waals surface area contributed by atoms with E-state index >= 15 is 0 Å². The van der Waals surface area contributed by atoms with Crippen LogP contribution in [0.15, 0.2) is 34.4 Å². The summed E-state index contributed by atoms with van der Waals surface area (Å²) in [6, 6.07) is 7.69. The Hall–Kier alpha value is -2.84. The van der Waals surface area contributed by atoms with Gasteiger partial charge >= 0.3 is 0 Å². The van der Waals surface area contributed by atoms with Gasteiger partial charge in [0.1, 0.15) is 5.75 Å². The molecule has 152 valence electrons. The van der Waals surface area contributed by atoms with Crippen molar-refractivity contribution in [2.24, 2.45) is 0 Å². The molecule has 3 heterocycles. The molecule has 3 aromatic rings. The van der Waals surface area contributed by atoms with Crippen LogP contribution in [0.3, 0.4) is 0 Å². The number of hydrogen-bond donors (Lipinski definition) is 1. The highest BCUT2D eigenvalue weighted by atomic mass is 32.1. The summed E-state index contributed by atoms with van der Waals surface area (Å²) in [7, 11) is 4.87. The van der Waals surface area contributed by atoms with Gasteiger partial charge in [-0.15, -0.1) is 11.3 Å². The molecule has 0 saturated carbocycles. The lowest BCUT2D eigenvalue weighted by Gasteiger charge is -2.28. The molecule has 1 N–H and O–H groups in total. The number of H-pyrrole nitrogens is 1. The van der Waals surface area contributed by atoms with Gasteiger partial charge in [0.25, 0.3) is 5.56 Å². The zero-order valence-electron chi connectivity index (χ0n) is 16.7. The molecule has 0 atom stereocenters. The topological polar surface area (TPSA) is 76.7 Å². The Kier molecular flexibility index (Phi) is 5.55. The van der Waals surface area contributed by atoms with Crippen molar-refractivity contribution < 1.29 is 14.2 Å². The van der Waals surface area contributed by atoms with Crippen molar-refractivity contribution in [3.8, 4) is 28.0 Å². The van der Waals surface area contributed by atoms with Crippen LogP contribution >= 0.6 is 11.3 Å². The van der Waals surface area contributed by atoms with Gasteiger partial charge in [-0.05, 0) is 23.9 Å². The number of ether oxygens (including phenoxy) is 3. The molecule has 7 nitrogen and oxygen atoms in total. The molecular weight excluding hydrogens is 390 g/mol. The van der Waals surface area contributed by atoms with E-state index in [4.69, 9.17) is 19.2 Å². The Balaban J connectivity index is 1.61. The lowest BCUT2D eigenvalue weighted by Crippen LogP contribution is -2.35. The smallest absolute Gasteiger partial charge is 0.254 e. The summed E-state index contributed by atoms with van der Waals surface area (Å²) in [5.74, 6) is 2.67. The standard InChI is InChI=1S/C21H23N3O4S/c1-26-16-10-18(28-3)17(27-2)9-13(16)11-24-7-6-14-15(12-24)22-20(23-21(14)25)19-5-4-8-29-19/h4-5,8-10H,6-7,11-12H2,1-3H3,(H,22,23,25). The van der Waals surface area contributed by atoms with Crippen LogP contribution in [-0.4, -0.2) is 42.7 Å². The Morgan fingerprint density at radius 1 is 1.14 bits per heavy atom. The van der Waals surface area contributed by atoms with E-state index in [0.717, 1.165) is 34.0 Å². The molecule has 4 rings (SSSR count). The van der Waals surface area contributed by atoms with Crippen molar-refractivity contribution in [3.05, 3.63) is 56.8 Å². The first-order chi connectivity index (χ1) is 14.1. The van der Waals surface area contributed by atoms with Gasteiger partial charge in [0.05, 0.1) is 31.9 Å². The van der Waals surface area contributed by atoms with Crippen LogP contribution < -0.4 is 19.8 Å². The molecule has 0 unspecified atom stereocenters. The molecule has 8 heteroatoms. The summed E-state index contributed by atoms with van der Waals surface area (Å²) in [5, 5.41) is 1.98. The van der Waals surface area contributed by atoms with Crippen molar-refractivity contribution in [2.45, 2.75) is 19.5 Å². The maximum atomic E-state index is 12.5. The third kappa shape index (κ3) is 3.86. The van der Waals surface area contributed by atoms with E-state index in [2.05, 4.69) is 9.88 Å². The van der Waals surface area contributed by atoms with Gasteiger partial charge in [-0.25, -0.2) is 4.98 Å². The van der Waals surface area contributed by atoms with Crippen LogP contribution in [0.2, 0.25) is 0 Å². The van der Waals surface area contributed by atoms with E-state index in [9.17, 15) is 4.79 Å². The summed E-state index contributed by atoms with van der Waals surface area (Å²) in [6.07, 6.45) is 0.665. The molecule has 0 amide bonds. The summed E-state index contributed by atoms with van der Waals surface area (Å²) in [6.45, 7) is 2.04. The second kappa shape index (κ2) is 8.26. The van der Waals surface area contributed by atoms with Gasteiger partial charge in [-0.1, -0.05) is 6.07 Å². The number of aromatic nitrogens is 2. The maximum Gasteiger partial charge on any atom is 0.254 e. The predicted molar refractivity (Wildman–Crippen MR) is 112 cm³/mol. The fourth-order valence-corrected chi connectivity index (χ4v) is 4.28. The highest BCUT2D eigenvalue weighted by Crippen LogP contribution is 2.35. The van der Waals surface area contributed by atoms with Gasteiger partial charge in [0.2, 0.25) is 0 Å². The molecule has 2 aromatic heterocycles. The fraction of sp³-hybridized carbons (Fsp3) is 0.333. The Morgan fingerprint density at radius 2 is 1.90 bits per heavy atom. The molecule has 1 aliphatic heterocycles. The first-order valence-corrected chi connectivity index (χ1v) is 10.2. The van der Waals surface area contributed by atoms with E-state index in [0.29, 0.717) is 36.8 Å². The second-order valence-corrected chi connectivity index (χ2v) is 7.74. The number of nitrogens with zero attached hydrogens (tertiary/aromatic N) is 2. The monoisotopic (exact) mass is 413 g/mol. The molecule has 0 radical (unpaired) electrons. The third-order valence-electron chi connectivity index (χ3n) is 5.09. The lowest BCUT2D eigenvalue weighted by atomic mass is 10.0. The Morgan fingerprint density at radius 3 is 2.59 bits per heavy atom. The Labute approximate surface area is 172 Å². The molecule has 1 aliphatic rings. The molecule has 0 bridgehead atoms. The van der Waals surface area contributed by atoms with E-state index in [1.807, 2.05) is 29.6 Å². The molecule has 0 spiro atoms. The van der Waals surface area contributed by atoms with Crippen LogP contribution in [0.4, 0.5) is 0 Å². The zero-order chi connectivity index (χ0) is 20.4. The van der Waals surface area contributed by atoms with Crippen molar-refractivity contribution in [1.29, 1.82) is 0 Å². The average molecular weight is 413 g/mol. The Bertz CT molecular complexity index is 1060. The molecule has 0 fully saturated rings. The minimum Gasteiger partial charge on any atom is -0.496 e. The SMILES string of the molecule is COc1cc(OC)c(OC)cc1CN1CCc2c(nc(-c3cccs3)[nH]c2=O)C1. The molecular formula is C21H23N3O4S. The first-order valence-electron chi connectivity index (χ1n) is 9.30. The number of nitrogens with one attached hydrogen (secondary N) is 1. The summed E-state index contributed by atoms with van der Waals surface area (Å²) in [5.41, 5.74) is 2.57. The summed E-state index contributed by atoms with van der Waals surface area (Å²) in [4.78, 5) is 23.4. The zero-order valence-corrected chi connectivity index (χ0v) is 17.5. The number of aromatic amines is 1. The molecule has 0 saturated heterocycles. The average Bonchev–Trinajstić information content (AvgIpc) is 3.28. The van der Waals surface area contributed by atoms with Crippen molar-refractivity contribution in [1.82, 2.24) is 14.9 Å². The van der Waals surface area contributed by atoms with E-state index in [1.54, 1.807) is 32.7 Å². The highest BCUT2D eigenvalue weighted by Gasteiger charge is 2.23. The molecule has 0 aliphatic carbocycles. The number of thiophene rings is 1. The minimum atomic E-state index is -0.0400. The van der Waals surface area contributed by atoms with E-state index in [-0.39, 0.29) is 5.56 Å². The predicted octanol–water partition coefficient (Wildman–Crippen LogP) is 3.08. The number of methoxy groups -OCH3 is 3. The maximum absolute atomic E-state index is 12.5. The summed E-state index contributed by atoms with van der Waals surface area (Å²) < 4.78 is 16.4. The van der Waals surface area contributed by atoms with Crippen molar-refractivity contribution in [3.63, 3.8) is 0 Å². The normalized spacial score (nSPS) is 13.8. The summed E-state index contributed by atoms with van der Waals surface area (Å²) >= 11 is 1.56. The number of fused-ring (bicyclic) bond motifs is 1. The van der Waals surface area contributed by atoms with Crippen LogP contribution in [0.5, 0.6) is 17.2 Å². The van der Waals surface area contributed by atoms with E-state index < -0.39 is 0 Å². The van der Waals surface area contributed by atoms with Crippen LogP contribution in [-0.2, 0) is 19.5 Å². The number of rotatable bonds is 6. The van der Waals surface area contributed by atoms with Gasteiger partial charge in [0.15, 0.2) is 17.3 Å². The number of benzene rings is 1. The first kappa shape index (κ1) is 19.5. The van der Waals surface area contributed by atoms with Gasteiger partial charge in [0, 0.05) is 36.8 Å². The molecule has 29 heavy (non-hydrogen) atoms.